The fourth-order valence-corrected chi connectivity index (χ4v) is 4.93. The monoisotopic (exact) mass is 334 g/mol. The smallest absolute Gasteiger partial charge is 0.215 e. The molecule has 1 aromatic carbocycles. The molecule has 2 unspecified atom stereocenters. The zero-order valence-electron chi connectivity index (χ0n) is 13.7. The van der Waals surface area contributed by atoms with Crippen LogP contribution in [0.5, 0.6) is 0 Å². The Morgan fingerprint density at radius 2 is 2.00 bits per heavy atom. The van der Waals surface area contributed by atoms with Crippen LogP contribution in [0.1, 0.15) is 38.2 Å². The zero-order valence-corrected chi connectivity index (χ0v) is 14.5. The van der Waals surface area contributed by atoms with Crippen LogP contribution in [0.3, 0.4) is 0 Å². The third kappa shape index (κ3) is 4.36. The van der Waals surface area contributed by atoms with Gasteiger partial charge in [-0.1, -0.05) is 37.3 Å². The zero-order chi connectivity index (χ0) is 16.3. The van der Waals surface area contributed by atoms with E-state index in [4.69, 9.17) is 0 Å². The average molecular weight is 334 g/mol. The Kier molecular flexibility index (Phi) is 5.07. The number of hydrogen-bond donors (Lipinski definition) is 2. The maximum atomic E-state index is 12.2. The average Bonchev–Trinajstić information content (AvgIpc) is 2.90. The van der Waals surface area contributed by atoms with Gasteiger partial charge >= 0.3 is 0 Å². The number of nitrogens with one attached hydrogen (secondary N) is 2. The molecule has 1 heterocycles. The molecular formula is C18H26N2O2S. The first-order valence-corrected chi connectivity index (χ1v) is 10.1. The van der Waals surface area contributed by atoms with E-state index in [1.165, 1.54) is 24.8 Å². The molecule has 1 fully saturated rings. The maximum absolute atomic E-state index is 12.2. The van der Waals surface area contributed by atoms with Crippen molar-refractivity contribution in [1.82, 2.24) is 10.0 Å². The summed E-state index contributed by atoms with van der Waals surface area (Å²) in [5, 5.41) is 3.49. The van der Waals surface area contributed by atoms with E-state index in [0.29, 0.717) is 18.5 Å². The van der Waals surface area contributed by atoms with Gasteiger partial charge in [-0.05, 0) is 48.9 Å². The molecule has 1 saturated carbocycles. The number of rotatable bonds is 6. The highest BCUT2D eigenvalue weighted by Gasteiger charge is 2.33. The molecule has 4 nitrogen and oxygen atoms in total. The van der Waals surface area contributed by atoms with E-state index in [0.717, 1.165) is 17.9 Å². The van der Waals surface area contributed by atoms with E-state index >= 15 is 0 Å². The third-order valence-electron chi connectivity index (χ3n) is 5.01. The molecule has 0 saturated heterocycles. The molecule has 2 N–H and O–H groups in total. The van der Waals surface area contributed by atoms with Crippen molar-refractivity contribution in [3.8, 4) is 0 Å². The summed E-state index contributed by atoms with van der Waals surface area (Å²) in [6, 6.07) is 9.88. The lowest BCUT2D eigenvalue weighted by atomic mass is 9.77. The molecule has 3 atom stereocenters. The van der Waals surface area contributed by atoms with Crippen molar-refractivity contribution in [1.29, 1.82) is 0 Å². The van der Waals surface area contributed by atoms with Crippen molar-refractivity contribution in [2.75, 3.05) is 6.54 Å². The van der Waals surface area contributed by atoms with E-state index in [2.05, 4.69) is 23.2 Å². The Labute approximate surface area is 139 Å². The van der Waals surface area contributed by atoms with E-state index in [9.17, 15) is 8.42 Å². The highest BCUT2D eigenvalue weighted by molar-refractivity contribution is 7.88. The van der Waals surface area contributed by atoms with Gasteiger partial charge in [0.15, 0.2) is 0 Å². The molecule has 0 amide bonds. The van der Waals surface area contributed by atoms with Gasteiger partial charge in [0.25, 0.3) is 0 Å². The standard InChI is InChI=1S/C18H26N2O2S/c1-14-7-8-17-16(12-19-18(17)11-14)9-10-20-23(21,22)13-15-5-3-2-4-6-15/h2-6,12,14,17-20H,7-11,13H2,1H3/t14?,17?,18-/m1/s1. The second-order valence-corrected chi connectivity index (χ2v) is 8.71. The minimum atomic E-state index is -3.26. The maximum Gasteiger partial charge on any atom is 0.215 e. The van der Waals surface area contributed by atoms with Crippen LogP contribution < -0.4 is 10.0 Å². The second-order valence-electron chi connectivity index (χ2n) is 6.91. The summed E-state index contributed by atoms with van der Waals surface area (Å²) >= 11 is 0. The lowest BCUT2D eigenvalue weighted by Crippen LogP contribution is -2.34. The van der Waals surface area contributed by atoms with Gasteiger partial charge in [-0.3, -0.25) is 0 Å². The summed E-state index contributed by atoms with van der Waals surface area (Å²) in [7, 11) is -3.26. The summed E-state index contributed by atoms with van der Waals surface area (Å²) in [6.45, 7) is 2.80. The van der Waals surface area contributed by atoms with E-state index in [1.54, 1.807) is 0 Å². The van der Waals surface area contributed by atoms with Crippen molar-refractivity contribution < 1.29 is 8.42 Å². The molecule has 1 aromatic rings. The molecule has 3 rings (SSSR count). The van der Waals surface area contributed by atoms with Crippen LogP contribution in [0.25, 0.3) is 0 Å². The third-order valence-corrected chi connectivity index (χ3v) is 6.36. The van der Waals surface area contributed by atoms with Crippen molar-refractivity contribution in [2.45, 2.75) is 44.4 Å². The summed E-state index contributed by atoms with van der Waals surface area (Å²) in [4.78, 5) is 0. The van der Waals surface area contributed by atoms with Crippen LogP contribution in [0.15, 0.2) is 42.1 Å². The van der Waals surface area contributed by atoms with Gasteiger partial charge in [0.2, 0.25) is 10.0 Å². The van der Waals surface area contributed by atoms with Crippen LogP contribution in [0.2, 0.25) is 0 Å². The normalized spacial score (nSPS) is 27.2. The van der Waals surface area contributed by atoms with Crippen molar-refractivity contribution >= 4 is 10.0 Å². The molecule has 1 aliphatic heterocycles. The Morgan fingerprint density at radius 3 is 2.78 bits per heavy atom. The number of sulfonamides is 1. The fraction of sp³-hybridized carbons (Fsp3) is 0.556. The van der Waals surface area contributed by atoms with Gasteiger partial charge in [-0.2, -0.15) is 0 Å². The Balaban J connectivity index is 1.48. The first-order chi connectivity index (χ1) is 11.0. The van der Waals surface area contributed by atoms with Crippen LogP contribution in [-0.2, 0) is 15.8 Å². The van der Waals surface area contributed by atoms with Gasteiger partial charge in [0, 0.05) is 18.5 Å². The highest BCUT2D eigenvalue weighted by atomic mass is 32.2. The minimum absolute atomic E-state index is 0.0503. The van der Waals surface area contributed by atoms with Gasteiger partial charge in [-0.25, -0.2) is 13.1 Å². The van der Waals surface area contributed by atoms with Crippen LogP contribution >= 0.6 is 0 Å². The Hall–Kier alpha value is -1.33. The topological polar surface area (TPSA) is 58.2 Å². The van der Waals surface area contributed by atoms with Gasteiger partial charge in [0.1, 0.15) is 0 Å². The second kappa shape index (κ2) is 7.05. The molecule has 0 radical (unpaired) electrons. The van der Waals surface area contributed by atoms with Crippen LogP contribution in [0, 0.1) is 11.8 Å². The van der Waals surface area contributed by atoms with Gasteiger partial charge in [-0.15, -0.1) is 0 Å². The van der Waals surface area contributed by atoms with E-state index in [1.807, 2.05) is 30.3 Å². The first-order valence-electron chi connectivity index (χ1n) is 8.50. The molecule has 2 aliphatic rings. The quantitative estimate of drug-likeness (QED) is 0.841. The van der Waals surface area contributed by atoms with Crippen molar-refractivity contribution in [3.05, 3.63) is 47.7 Å². The molecule has 0 spiro atoms. The lowest BCUT2D eigenvalue weighted by molar-refractivity contribution is 0.271. The first kappa shape index (κ1) is 16.5. The lowest BCUT2D eigenvalue weighted by Gasteiger charge is -2.31. The highest BCUT2D eigenvalue weighted by Crippen LogP contribution is 2.37. The summed E-state index contributed by atoms with van der Waals surface area (Å²) in [5.41, 5.74) is 2.20. The summed E-state index contributed by atoms with van der Waals surface area (Å²) in [5.74, 6) is 1.44. The molecule has 23 heavy (non-hydrogen) atoms. The van der Waals surface area contributed by atoms with Gasteiger partial charge in [0.05, 0.1) is 5.75 Å². The largest absolute Gasteiger partial charge is 0.388 e. The minimum Gasteiger partial charge on any atom is -0.388 e. The molecular weight excluding hydrogens is 308 g/mol. The van der Waals surface area contributed by atoms with Gasteiger partial charge < -0.3 is 5.32 Å². The molecule has 5 heteroatoms. The molecule has 0 aromatic heterocycles. The fourth-order valence-electron chi connectivity index (χ4n) is 3.78. The summed E-state index contributed by atoms with van der Waals surface area (Å²) < 4.78 is 27.0. The SMILES string of the molecule is CC1CCC2C(CCNS(=O)(=O)Cc3ccccc3)=CN[C@@H]2C1. The number of hydrogen-bond acceptors (Lipinski definition) is 3. The van der Waals surface area contributed by atoms with Crippen LogP contribution in [0.4, 0.5) is 0 Å². The summed E-state index contributed by atoms with van der Waals surface area (Å²) in [6.07, 6.45) is 6.65. The van der Waals surface area contributed by atoms with Crippen molar-refractivity contribution in [2.24, 2.45) is 11.8 Å². The Morgan fingerprint density at radius 1 is 1.22 bits per heavy atom. The van der Waals surface area contributed by atoms with Crippen LogP contribution in [-0.4, -0.2) is 21.0 Å². The van der Waals surface area contributed by atoms with E-state index in [-0.39, 0.29) is 5.75 Å². The predicted octanol–water partition coefficient (Wildman–Crippen LogP) is 2.79. The molecule has 126 valence electrons. The predicted molar refractivity (Wildman–Crippen MR) is 93.2 cm³/mol. The molecule has 0 bridgehead atoms. The number of benzene rings is 1. The van der Waals surface area contributed by atoms with Crippen molar-refractivity contribution in [3.63, 3.8) is 0 Å². The number of fused-ring (bicyclic) bond motifs is 1. The Bertz CT molecular complexity index is 655. The van der Waals surface area contributed by atoms with E-state index < -0.39 is 10.0 Å². The molecule has 1 aliphatic carbocycles.